The molecule has 0 radical (unpaired) electrons. The van der Waals surface area contributed by atoms with E-state index in [0.717, 1.165) is 42.3 Å². The van der Waals surface area contributed by atoms with E-state index in [9.17, 15) is 4.79 Å². The Labute approximate surface area is 203 Å². The highest BCUT2D eigenvalue weighted by Crippen LogP contribution is 2.31. The number of amides is 2. The van der Waals surface area contributed by atoms with Gasteiger partial charge in [0.15, 0.2) is 0 Å². The Kier molecular flexibility index (Phi) is 7.54. The van der Waals surface area contributed by atoms with Crippen LogP contribution in [0.4, 0.5) is 16.2 Å². The van der Waals surface area contributed by atoms with E-state index in [1.54, 1.807) is 0 Å². The summed E-state index contributed by atoms with van der Waals surface area (Å²) in [5.41, 5.74) is 1.47. The first-order valence-electron chi connectivity index (χ1n) is 13.0. The lowest BCUT2D eigenvalue weighted by Crippen LogP contribution is -2.49. The van der Waals surface area contributed by atoms with Crippen LogP contribution in [0.1, 0.15) is 57.8 Å². The first kappa shape index (κ1) is 23.0. The minimum Gasteiger partial charge on any atom is -0.493 e. The van der Waals surface area contributed by atoms with Crippen LogP contribution in [0.15, 0.2) is 48.5 Å². The zero-order valence-electron chi connectivity index (χ0n) is 20.0. The molecule has 3 aliphatic rings. The van der Waals surface area contributed by atoms with Gasteiger partial charge in [-0.3, -0.25) is 4.90 Å². The summed E-state index contributed by atoms with van der Waals surface area (Å²) in [7, 11) is 0. The van der Waals surface area contributed by atoms with Crippen LogP contribution >= 0.6 is 0 Å². The SMILES string of the molecule is O=C(Nc1ccc(OC[C@@H]2CCCN3CCCC[C@H]23)cc1)Nc1ccc(OC2CCCC2)cc1. The first-order chi connectivity index (χ1) is 16.7. The molecule has 3 fully saturated rings. The Morgan fingerprint density at radius 1 is 0.765 bits per heavy atom. The van der Waals surface area contributed by atoms with Crippen molar-refractivity contribution in [3.8, 4) is 11.5 Å². The fourth-order valence-electron chi connectivity index (χ4n) is 5.72. The number of anilines is 2. The number of carbonyl (C=O) groups excluding carboxylic acids is 1. The summed E-state index contributed by atoms with van der Waals surface area (Å²) in [6.45, 7) is 3.28. The number of ether oxygens (including phenoxy) is 2. The summed E-state index contributed by atoms with van der Waals surface area (Å²) in [6.07, 6.45) is 11.6. The van der Waals surface area contributed by atoms with Gasteiger partial charge in [0, 0.05) is 23.3 Å². The normalized spacial score (nSPS) is 23.2. The van der Waals surface area contributed by atoms with Gasteiger partial charge >= 0.3 is 6.03 Å². The third kappa shape index (κ3) is 6.03. The Hall–Kier alpha value is -2.73. The minimum atomic E-state index is -0.266. The average molecular weight is 464 g/mol. The van der Waals surface area contributed by atoms with Crippen LogP contribution in [-0.2, 0) is 0 Å². The molecule has 1 saturated carbocycles. The number of rotatable bonds is 7. The van der Waals surface area contributed by atoms with Crippen LogP contribution in [0.25, 0.3) is 0 Å². The number of benzene rings is 2. The highest BCUT2D eigenvalue weighted by atomic mass is 16.5. The summed E-state index contributed by atoms with van der Waals surface area (Å²) >= 11 is 0. The molecule has 2 saturated heterocycles. The van der Waals surface area contributed by atoms with Crippen molar-refractivity contribution in [1.29, 1.82) is 0 Å². The van der Waals surface area contributed by atoms with Crippen molar-refractivity contribution in [1.82, 2.24) is 4.90 Å². The molecule has 2 atom stereocenters. The molecule has 2 amide bonds. The highest BCUT2D eigenvalue weighted by Gasteiger charge is 2.33. The Bertz CT molecular complexity index is 923. The minimum absolute atomic E-state index is 0.266. The lowest BCUT2D eigenvalue weighted by Gasteiger charge is -2.44. The van der Waals surface area contributed by atoms with Gasteiger partial charge in [-0.1, -0.05) is 6.42 Å². The summed E-state index contributed by atoms with van der Waals surface area (Å²) in [5.74, 6) is 2.34. The molecular formula is C28H37N3O3. The van der Waals surface area contributed by atoms with Gasteiger partial charge in [0.2, 0.25) is 0 Å². The largest absolute Gasteiger partial charge is 0.493 e. The number of nitrogens with zero attached hydrogens (tertiary/aromatic N) is 1. The quantitative estimate of drug-likeness (QED) is 0.506. The van der Waals surface area contributed by atoms with Gasteiger partial charge in [0.05, 0.1) is 12.7 Å². The first-order valence-corrected chi connectivity index (χ1v) is 13.0. The van der Waals surface area contributed by atoms with Crippen molar-refractivity contribution >= 4 is 17.4 Å². The smallest absolute Gasteiger partial charge is 0.323 e. The Morgan fingerprint density at radius 3 is 2.09 bits per heavy atom. The molecule has 0 unspecified atom stereocenters. The van der Waals surface area contributed by atoms with Gasteiger partial charge < -0.3 is 20.1 Å². The molecule has 6 nitrogen and oxygen atoms in total. The van der Waals surface area contributed by atoms with Gasteiger partial charge in [-0.15, -0.1) is 0 Å². The van der Waals surface area contributed by atoms with Crippen molar-refractivity contribution in [3.05, 3.63) is 48.5 Å². The lowest BCUT2D eigenvalue weighted by atomic mass is 9.84. The summed E-state index contributed by atoms with van der Waals surface area (Å²) in [4.78, 5) is 15.1. The maximum atomic E-state index is 12.4. The van der Waals surface area contributed by atoms with E-state index in [2.05, 4.69) is 15.5 Å². The third-order valence-corrected chi connectivity index (χ3v) is 7.52. The van der Waals surface area contributed by atoms with E-state index in [-0.39, 0.29) is 6.03 Å². The van der Waals surface area contributed by atoms with Gasteiger partial charge in [0.25, 0.3) is 0 Å². The van der Waals surface area contributed by atoms with Crippen molar-refractivity contribution in [3.63, 3.8) is 0 Å². The van der Waals surface area contributed by atoms with E-state index < -0.39 is 0 Å². The predicted octanol–water partition coefficient (Wildman–Crippen LogP) is 6.30. The highest BCUT2D eigenvalue weighted by molar-refractivity contribution is 5.99. The fraction of sp³-hybridized carbons (Fsp3) is 0.536. The number of piperidine rings is 2. The van der Waals surface area contributed by atoms with Crippen molar-refractivity contribution in [2.45, 2.75) is 69.9 Å². The van der Waals surface area contributed by atoms with Crippen LogP contribution in [0.3, 0.4) is 0 Å². The Morgan fingerprint density at radius 2 is 1.38 bits per heavy atom. The van der Waals surface area contributed by atoms with E-state index >= 15 is 0 Å². The number of hydrogen-bond acceptors (Lipinski definition) is 4. The second kappa shape index (κ2) is 11.1. The monoisotopic (exact) mass is 463 g/mol. The van der Waals surface area contributed by atoms with Crippen LogP contribution < -0.4 is 20.1 Å². The maximum absolute atomic E-state index is 12.4. The second-order valence-electron chi connectivity index (χ2n) is 9.96. The molecule has 2 N–H and O–H groups in total. The van der Waals surface area contributed by atoms with Crippen molar-refractivity contribution in [2.75, 3.05) is 30.3 Å². The fourth-order valence-corrected chi connectivity index (χ4v) is 5.72. The van der Waals surface area contributed by atoms with Crippen molar-refractivity contribution in [2.24, 2.45) is 5.92 Å². The molecular weight excluding hydrogens is 426 g/mol. The van der Waals surface area contributed by atoms with E-state index in [0.29, 0.717) is 18.1 Å². The number of urea groups is 1. The standard InChI is InChI=1S/C28H37N3O3/c32-28(30-23-12-16-26(17-13-23)34-25-7-1-2-8-25)29-22-10-14-24(15-11-22)33-20-21-6-5-19-31-18-4-3-9-27(21)31/h10-17,21,25,27H,1-9,18-20H2,(H2,29,30,32)/t21-,27+/m0/s1. The molecule has 34 heavy (non-hydrogen) atoms. The number of carbonyl (C=O) groups is 1. The van der Waals surface area contributed by atoms with Crippen molar-refractivity contribution < 1.29 is 14.3 Å². The molecule has 2 aliphatic heterocycles. The van der Waals surface area contributed by atoms with E-state index in [1.807, 2.05) is 48.5 Å². The summed E-state index contributed by atoms with van der Waals surface area (Å²) in [6, 6.07) is 15.7. The zero-order valence-corrected chi connectivity index (χ0v) is 20.0. The molecule has 2 aromatic rings. The average Bonchev–Trinajstić information content (AvgIpc) is 3.38. The predicted molar refractivity (Wildman–Crippen MR) is 136 cm³/mol. The lowest BCUT2D eigenvalue weighted by molar-refractivity contribution is 0.0366. The van der Waals surface area contributed by atoms with Crippen LogP contribution in [-0.4, -0.2) is 42.8 Å². The van der Waals surface area contributed by atoms with Crippen LogP contribution in [0.5, 0.6) is 11.5 Å². The molecule has 6 heteroatoms. The number of nitrogens with one attached hydrogen (secondary N) is 2. The van der Waals surface area contributed by atoms with Gasteiger partial charge in [-0.2, -0.15) is 0 Å². The second-order valence-corrected chi connectivity index (χ2v) is 9.96. The molecule has 2 aromatic carbocycles. The van der Waals surface area contributed by atoms with Crippen LogP contribution in [0, 0.1) is 5.92 Å². The molecule has 0 bridgehead atoms. The molecule has 0 spiro atoms. The number of fused-ring (bicyclic) bond motifs is 1. The van der Waals surface area contributed by atoms with Gasteiger partial charge in [-0.25, -0.2) is 4.79 Å². The van der Waals surface area contributed by atoms with Gasteiger partial charge in [0.1, 0.15) is 11.5 Å². The molecule has 1 aliphatic carbocycles. The molecule has 2 heterocycles. The summed E-state index contributed by atoms with van der Waals surface area (Å²) < 4.78 is 12.1. The Balaban J connectivity index is 1.07. The van der Waals surface area contributed by atoms with E-state index in [1.165, 1.54) is 58.0 Å². The number of hydrogen-bond donors (Lipinski definition) is 2. The molecule has 0 aromatic heterocycles. The zero-order chi connectivity index (χ0) is 23.2. The van der Waals surface area contributed by atoms with Gasteiger partial charge in [-0.05, 0) is 113 Å². The molecule has 182 valence electrons. The summed E-state index contributed by atoms with van der Waals surface area (Å²) in [5, 5.41) is 5.77. The molecule has 5 rings (SSSR count). The van der Waals surface area contributed by atoms with E-state index in [4.69, 9.17) is 9.47 Å². The topological polar surface area (TPSA) is 62.8 Å². The maximum Gasteiger partial charge on any atom is 0.323 e. The third-order valence-electron chi connectivity index (χ3n) is 7.52. The van der Waals surface area contributed by atoms with Crippen LogP contribution in [0.2, 0.25) is 0 Å².